The van der Waals surface area contributed by atoms with Crippen molar-refractivity contribution >= 4 is 41.3 Å². The van der Waals surface area contributed by atoms with E-state index < -0.39 is 0 Å². The summed E-state index contributed by atoms with van der Waals surface area (Å²) in [6.07, 6.45) is 1.76. The van der Waals surface area contributed by atoms with E-state index in [2.05, 4.69) is 45.9 Å². The van der Waals surface area contributed by atoms with Crippen molar-refractivity contribution in [1.82, 2.24) is 15.6 Å². The molecule has 0 aliphatic carbocycles. The summed E-state index contributed by atoms with van der Waals surface area (Å²) >= 11 is 1.76. The van der Waals surface area contributed by atoms with Gasteiger partial charge >= 0.3 is 0 Å². The number of nitrogens with one attached hydrogen (secondary N) is 2. The van der Waals surface area contributed by atoms with E-state index in [1.807, 2.05) is 19.1 Å². The van der Waals surface area contributed by atoms with Crippen LogP contribution in [0.25, 0.3) is 0 Å². The van der Waals surface area contributed by atoms with Crippen LogP contribution in [0.4, 0.5) is 0 Å². The number of aryl methyl sites for hydroxylation is 1. The second-order valence-corrected chi connectivity index (χ2v) is 6.01. The largest absolute Gasteiger partial charge is 0.478 e. The summed E-state index contributed by atoms with van der Waals surface area (Å²) in [7, 11) is 0. The van der Waals surface area contributed by atoms with Gasteiger partial charge in [-0.25, -0.2) is 9.98 Å². The van der Waals surface area contributed by atoms with Gasteiger partial charge in [0.1, 0.15) is 0 Å². The number of ether oxygens (including phenoxy) is 1. The van der Waals surface area contributed by atoms with E-state index >= 15 is 0 Å². The third-order valence-electron chi connectivity index (χ3n) is 3.24. The molecule has 0 aliphatic heterocycles. The summed E-state index contributed by atoms with van der Waals surface area (Å²) in [6.45, 7) is 8.96. The van der Waals surface area contributed by atoms with Gasteiger partial charge in [-0.15, -0.1) is 35.3 Å². The second-order valence-electron chi connectivity index (χ2n) is 5.01. The Kier molecular flexibility index (Phi) is 9.70. The van der Waals surface area contributed by atoms with Crippen LogP contribution < -0.4 is 15.4 Å². The fourth-order valence-electron chi connectivity index (χ4n) is 2.04. The number of nitrogens with zero attached hydrogens (tertiary/aromatic N) is 2. The highest BCUT2D eigenvalue weighted by Crippen LogP contribution is 2.15. The third-order valence-corrected chi connectivity index (χ3v) is 4.26. The second kappa shape index (κ2) is 11.2. The first-order valence-electron chi connectivity index (χ1n) is 7.85. The maximum atomic E-state index is 5.42. The van der Waals surface area contributed by atoms with Gasteiger partial charge in [-0.3, -0.25) is 0 Å². The molecule has 2 aromatic rings. The smallest absolute Gasteiger partial charge is 0.213 e. The molecule has 7 heteroatoms. The van der Waals surface area contributed by atoms with Gasteiger partial charge in [0.2, 0.25) is 5.88 Å². The molecule has 2 heterocycles. The monoisotopic (exact) mass is 460 g/mol. The SMILES string of the molecule is CCNC(=NCc1ccnc(OCC)c1)NCc1sccc1C.I. The number of aromatic nitrogens is 1. The Morgan fingerprint density at radius 1 is 1.29 bits per heavy atom. The molecule has 0 bridgehead atoms. The Morgan fingerprint density at radius 2 is 2.12 bits per heavy atom. The number of aliphatic imine (C=N–C) groups is 1. The molecule has 0 saturated carbocycles. The number of rotatable bonds is 7. The van der Waals surface area contributed by atoms with Gasteiger partial charge in [-0.05, 0) is 49.4 Å². The summed E-state index contributed by atoms with van der Waals surface area (Å²) in [5.74, 6) is 1.46. The first kappa shape index (κ1) is 20.7. The average molecular weight is 460 g/mol. The van der Waals surface area contributed by atoms with Crippen LogP contribution >= 0.6 is 35.3 Å². The Bertz CT molecular complexity index is 645. The highest BCUT2D eigenvalue weighted by molar-refractivity contribution is 14.0. The molecule has 0 radical (unpaired) electrons. The molecule has 132 valence electrons. The van der Waals surface area contributed by atoms with E-state index in [0.29, 0.717) is 19.0 Å². The number of guanidine groups is 1. The molecule has 0 saturated heterocycles. The van der Waals surface area contributed by atoms with E-state index in [0.717, 1.165) is 24.6 Å². The average Bonchev–Trinajstić information content (AvgIpc) is 2.96. The van der Waals surface area contributed by atoms with Crippen LogP contribution in [0.5, 0.6) is 5.88 Å². The van der Waals surface area contributed by atoms with Crippen molar-refractivity contribution in [2.45, 2.75) is 33.9 Å². The lowest BCUT2D eigenvalue weighted by atomic mass is 10.3. The third kappa shape index (κ3) is 6.64. The lowest BCUT2D eigenvalue weighted by Gasteiger charge is -2.11. The first-order valence-corrected chi connectivity index (χ1v) is 8.73. The summed E-state index contributed by atoms with van der Waals surface area (Å²) < 4.78 is 5.42. The number of hydrogen-bond donors (Lipinski definition) is 2. The minimum Gasteiger partial charge on any atom is -0.478 e. The Balaban J connectivity index is 0.00000288. The van der Waals surface area contributed by atoms with Crippen molar-refractivity contribution in [2.24, 2.45) is 4.99 Å². The van der Waals surface area contributed by atoms with E-state index in [9.17, 15) is 0 Å². The lowest BCUT2D eigenvalue weighted by molar-refractivity contribution is 0.326. The zero-order chi connectivity index (χ0) is 16.5. The Labute approximate surface area is 165 Å². The van der Waals surface area contributed by atoms with Crippen molar-refractivity contribution in [3.8, 4) is 5.88 Å². The molecule has 0 unspecified atom stereocenters. The van der Waals surface area contributed by atoms with Crippen molar-refractivity contribution in [3.05, 3.63) is 45.8 Å². The van der Waals surface area contributed by atoms with Crippen molar-refractivity contribution in [3.63, 3.8) is 0 Å². The molecule has 24 heavy (non-hydrogen) atoms. The van der Waals surface area contributed by atoms with Crippen molar-refractivity contribution in [2.75, 3.05) is 13.2 Å². The zero-order valence-electron chi connectivity index (χ0n) is 14.3. The van der Waals surface area contributed by atoms with E-state index in [4.69, 9.17) is 4.74 Å². The summed E-state index contributed by atoms with van der Waals surface area (Å²) in [4.78, 5) is 10.1. The van der Waals surface area contributed by atoms with Crippen LogP contribution in [0.1, 0.15) is 29.9 Å². The zero-order valence-corrected chi connectivity index (χ0v) is 17.5. The maximum Gasteiger partial charge on any atom is 0.213 e. The molecular weight excluding hydrogens is 435 g/mol. The molecule has 2 aromatic heterocycles. The highest BCUT2D eigenvalue weighted by atomic mass is 127. The standard InChI is InChI=1S/C17H24N4OS.HI/c1-4-18-17(21-12-15-13(3)7-9-23-15)20-11-14-6-8-19-16(10-14)22-5-2;/h6-10H,4-5,11-12H2,1-3H3,(H2,18,20,21);1H. The quantitative estimate of drug-likeness (QED) is 0.376. The lowest BCUT2D eigenvalue weighted by Crippen LogP contribution is -2.36. The van der Waals surface area contributed by atoms with Gasteiger partial charge in [0.15, 0.2) is 5.96 Å². The Hall–Kier alpha value is -1.35. The summed E-state index contributed by atoms with van der Waals surface area (Å²) in [6, 6.07) is 6.02. The van der Waals surface area contributed by atoms with Gasteiger partial charge < -0.3 is 15.4 Å². The van der Waals surface area contributed by atoms with Crippen molar-refractivity contribution in [1.29, 1.82) is 0 Å². The summed E-state index contributed by atoms with van der Waals surface area (Å²) in [5.41, 5.74) is 2.39. The summed E-state index contributed by atoms with van der Waals surface area (Å²) in [5, 5.41) is 8.76. The predicted molar refractivity (Wildman–Crippen MR) is 112 cm³/mol. The van der Waals surface area contributed by atoms with Crippen LogP contribution in [0.3, 0.4) is 0 Å². The molecule has 0 aromatic carbocycles. The minimum absolute atomic E-state index is 0. The molecule has 5 nitrogen and oxygen atoms in total. The predicted octanol–water partition coefficient (Wildman–Crippen LogP) is 3.72. The van der Waals surface area contributed by atoms with E-state index in [1.54, 1.807) is 17.5 Å². The molecule has 0 fully saturated rings. The van der Waals surface area contributed by atoms with Crippen molar-refractivity contribution < 1.29 is 4.74 Å². The van der Waals surface area contributed by atoms with E-state index in [1.165, 1.54) is 10.4 Å². The first-order chi connectivity index (χ1) is 11.2. The fraction of sp³-hybridized carbons (Fsp3) is 0.412. The molecule has 2 rings (SSSR count). The highest BCUT2D eigenvalue weighted by Gasteiger charge is 2.03. The number of pyridine rings is 1. The molecule has 0 amide bonds. The number of halogens is 1. The van der Waals surface area contributed by atoms with Crippen LogP contribution in [-0.4, -0.2) is 24.1 Å². The maximum absolute atomic E-state index is 5.42. The van der Waals surface area contributed by atoms with Crippen LogP contribution in [0, 0.1) is 6.92 Å². The minimum atomic E-state index is 0. The van der Waals surface area contributed by atoms with Crippen LogP contribution in [0.2, 0.25) is 0 Å². The molecular formula is C17H25IN4OS. The fourth-order valence-corrected chi connectivity index (χ4v) is 2.88. The van der Waals surface area contributed by atoms with Gasteiger partial charge in [-0.1, -0.05) is 0 Å². The molecule has 0 atom stereocenters. The number of thiophene rings is 1. The van der Waals surface area contributed by atoms with Gasteiger partial charge in [0, 0.05) is 23.7 Å². The topological polar surface area (TPSA) is 58.5 Å². The van der Waals surface area contributed by atoms with E-state index in [-0.39, 0.29) is 24.0 Å². The Morgan fingerprint density at radius 3 is 2.79 bits per heavy atom. The van der Waals surface area contributed by atoms with Crippen LogP contribution in [0.15, 0.2) is 34.8 Å². The molecule has 0 aliphatic rings. The van der Waals surface area contributed by atoms with Crippen LogP contribution in [-0.2, 0) is 13.1 Å². The normalized spacial score (nSPS) is 10.9. The molecule has 2 N–H and O–H groups in total. The van der Waals surface area contributed by atoms with Gasteiger partial charge in [0.25, 0.3) is 0 Å². The van der Waals surface area contributed by atoms with Gasteiger partial charge in [0.05, 0.1) is 19.7 Å². The number of hydrogen-bond acceptors (Lipinski definition) is 4. The molecule has 0 spiro atoms. The van der Waals surface area contributed by atoms with Gasteiger partial charge in [-0.2, -0.15) is 0 Å².